The average Bonchev–Trinajstić information content (AvgIpc) is 2.81. The summed E-state index contributed by atoms with van der Waals surface area (Å²) in [6, 6.07) is 14.6. The highest BCUT2D eigenvalue weighted by Gasteiger charge is 2.29. The van der Waals surface area contributed by atoms with Gasteiger partial charge in [-0.05, 0) is 62.2 Å². The van der Waals surface area contributed by atoms with Crippen molar-refractivity contribution in [2.75, 3.05) is 67.6 Å². The minimum absolute atomic E-state index is 0.0697. The molecule has 6 nitrogen and oxygen atoms in total. The summed E-state index contributed by atoms with van der Waals surface area (Å²) in [6.07, 6.45) is 0. The van der Waals surface area contributed by atoms with E-state index in [9.17, 15) is 4.79 Å². The molecule has 166 valence electrons. The molecule has 0 aliphatic carbocycles. The molecular formula is C25H35N4O2+. The van der Waals surface area contributed by atoms with Crippen molar-refractivity contribution in [1.82, 2.24) is 0 Å². The van der Waals surface area contributed by atoms with E-state index in [0.717, 1.165) is 58.2 Å². The zero-order valence-electron chi connectivity index (χ0n) is 19.0. The molecule has 1 amide bonds. The number of anilines is 3. The largest absolute Gasteiger partial charge is 0.378 e. The third-order valence-electron chi connectivity index (χ3n) is 6.84. The Labute approximate surface area is 185 Å². The fraction of sp³-hybridized carbons (Fsp3) is 0.480. The second-order valence-electron chi connectivity index (χ2n) is 8.72. The number of benzene rings is 2. The van der Waals surface area contributed by atoms with E-state index in [4.69, 9.17) is 4.74 Å². The van der Waals surface area contributed by atoms with E-state index in [0.29, 0.717) is 0 Å². The fourth-order valence-corrected chi connectivity index (χ4v) is 4.56. The van der Waals surface area contributed by atoms with E-state index in [1.165, 1.54) is 27.4 Å². The first-order valence-electron chi connectivity index (χ1n) is 11.4. The molecule has 0 unspecified atom stereocenters. The number of nitrogens with zero attached hydrogens (tertiary/aromatic N) is 2. The van der Waals surface area contributed by atoms with Crippen LogP contribution in [0.1, 0.15) is 18.1 Å². The highest BCUT2D eigenvalue weighted by atomic mass is 16.5. The quantitative estimate of drug-likeness (QED) is 0.771. The standard InChI is InChI=1S/C25H34N4O2/c1-19-5-4-6-24(20(19)2)29-13-11-27(12-14-29)21(3)25(30)26-22-7-9-23(10-8-22)28-15-17-31-18-16-28/h4-10,21H,11-18H2,1-3H3,(H,26,30)/p+1/t21-/m1/s1. The molecule has 2 aliphatic heterocycles. The van der Waals surface area contributed by atoms with Gasteiger partial charge in [0.05, 0.1) is 39.4 Å². The van der Waals surface area contributed by atoms with Crippen LogP contribution in [-0.4, -0.2) is 64.4 Å². The average molecular weight is 424 g/mol. The SMILES string of the molecule is Cc1cccc(N2CC[NH+]([C@H](C)C(=O)Nc3ccc(N4CCOCC4)cc3)CC2)c1C. The van der Waals surface area contributed by atoms with Crippen LogP contribution in [0.2, 0.25) is 0 Å². The number of carbonyl (C=O) groups is 1. The molecule has 2 heterocycles. The predicted molar refractivity (Wildman–Crippen MR) is 126 cm³/mol. The lowest BCUT2D eigenvalue weighted by atomic mass is 10.1. The van der Waals surface area contributed by atoms with Gasteiger partial charge in [-0.2, -0.15) is 0 Å². The first-order chi connectivity index (χ1) is 15.0. The van der Waals surface area contributed by atoms with E-state index in [1.807, 2.05) is 19.1 Å². The summed E-state index contributed by atoms with van der Waals surface area (Å²) < 4.78 is 5.42. The van der Waals surface area contributed by atoms with Gasteiger partial charge in [-0.25, -0.2) is 0 Å². The number of hydrogen-bond donors (Lipinski definition) is 2. The number of morpholine rings is 1. The second kappa shape index (κ2) is 9.71. The van der Waals surface area contributed by atoms with Gasteiger partial charge in [0, 0.05) is 30.2 Å². The first-order valence-corrected chi connectivity index (χ1v) is 11.4. The monoisotopic (exact) mass is 423 g/mol. The van der Waals surface area contributed by atoms with Crippen LogP contribution in [0.3, 0.4) is 0 Å². The summed E-state index contributed by atoms with van der Waals surface area (Å²) in [5, 5.41) is 3.11. The van der Waals surface area contributed by atoms with Crippen LogP contribution in [0.25, 0.3) is 0 Å². The predicted octanol–water partition coefficient (Wildman–Crippen LogP) is 1.87. The van der Waals surface area contributed by atoms with Gasteiger partial charge in [0.25, 0.3) is 5.91 Å². The number of carbonyl (C=O) groups excluding carboxylic acids is 1. The van der Waals surface area contributed by atoms with Crippen LogP contribution >= 0.6 is 0 Å². The van der Waals surface area contributed by atoms with E-state index < -0.39 is 0 Å². The van der Waals surface area contributed by atoms with E-state index >= 15 is 0 Å². The maximum atomic E-state index is 12.9. The number of ether oxygens (including phenoxy) is 1. The summed E-state index contributed by atoms with van der Waals surface area (Å²) in [6.45, 7) is 13.7. The van der Waals surface area contributed by atoms with Gasteiger partial charge in [0.15, 0.2) is 6.04 Å². The van der Waals surface area contributed by atoms with Gasteiger partial charge in [-0.15, -0.1) is 0 Å². The molecule has 2 saturated heterocycles. The molecule has 0 aromatic heterocycles. The number of aryl methyl sites for hydroxylation is 1. The highest BCUT2D eigenvalue weighted by molar-refractivity contribution is 5.93. The van der Waals surface area contributed by atoms with Crippen molar-refractivity contribution in [3.63, 3.8) is 0 Å². The van der Waals surface area contributed by atoms with E-state index in [2.05, 4.69) is 59.3 Å². The Morgan fingerprint density at radius 1 is 0.968 bits per heavy atom. The Bertz CT molecular complexity index is 885. The van der Waals surface area contributed by atoms with Crippen LogP contribution in [-0.2, 0) is 9.53 Å². The molecule has 0 bridgehead atoms. The maximum Gasteiger partial charge on any atom is 0.282 e. The summed E-state index contributed by atoms with van der Waals surface area (Å²) in [5.41, 5.74) is 6.07. The van der Waals surface area contributed by atoms with Crippen molar-refractivity contribution in [2.45, 2.75) is 26.8 Å². The van der Waals surface area contributed by atoms with Gasteiger partial charge in [-0.3, -0.25) is 4.79 Å². The van der Waals surface area contributed by atoms with Crippen molar-refractivity contribution in [2.24, 2.45) is 0 Å². The van der Waals surface area contributed by atoms with E-state index in [-0.39, 0.29) is 11.9 Å². The number of rotatable bonds is 5. The lowest BCUT2D eigenvalue weighted by Crippen LogP contribution is -3.19. The van der Waals surface area contributed by atoms with Crippen LogP contribution in [0, 0.1) is 13.8 Å². The lowest BCUT2D eigenvalue weighted by Gasteiger charge is -2.36. The van der Waals surface area contributed by atoms with Crippen LogP contribution in [0.4, 0.5) is 17.1 Å². The van der Waals surface area contributed by atoms with Gasteiger partial charge in [0.2, 0.25) is 0 Å². The van der Waals surface area contributed by atoms with Crippen LogP contribution < -0.4 is 20.0 Å². The second-order valence-corrected chi connectivity index (χ2v) is 8.72. The number of amides is 1. The van der Waals surface area contributed by atoms with Crippen LogP contribution in [0.5, 0.6) is 0 Å². The highest BCUT2D eigenvalue weighted by Crippen LogP contribution is 2.22. The number of piperazine rings is 1. The fourth-order valence-electron chi connectivity index (χ4n) is 4.56. The maximum absolute atomic E-state index is 12.9. The molecule has 0 spiro atoms. The first kappa shape index (κ1) is 21.7. The molecule has 1 atom stereocenters. The van der Waals surface area contributed by atoms with Crippen molar-refractivity contribution in [1.29, 1.82) is 0 Å². The molecule has 6 heteroatoms. The minimum Gasteiger partial charge on any atom is -0.378 e. The van der Waals surface area contributed by atoms with Crippen molar-refractivity contribution >= 4 is 23.0 Å². The topological polar surface area (TPSA) is 49.2 Å². The van der Waals surface area contributed by atoms with Crippen molar-refractivity contribution in [3.05, 3.63) is 53.6 Å². The molecule has 2 N–H and O–H groups in total. The minimum atomic E-state index is -0.0697. The van der Waals surface area contributed by atoms with Gasteiger partial charge in [-0.1, -0.05) is 12.1 Å². The summed E-state index contributed by atoms with van der Waals surface area (Å²) >= 11 is 0. The summed E-state index contributed by atoms with van der Waals surface area (Å²) in [4.78, 5) is 19.0. The molecular weight excluding hydrogens is 388 g/mol. The van der Waals surface area contributed by atoms with Crippen molar-refractivity contribution < 1.29 is 14.4 Å². The Morgan fingerprint density at radius 2 is 1.65 bits per heavy atom. The zero-order chi connectivity index (χ0) is 21.8. The summed E-state index contributed by atoms with van der Waals surface area (Å²) in [7, 11) is 0. The van der Waals surface area contributed by atoms with Gasteiger partial charge >= 0.3 is 0 Å². The normalized spacial score (nSPS) is 18.7. The number of hydrogen-bond acceptors (Lipinski definition) is 4. The number of nitrogens with one attached hydrogen (secondary N) is 2. The zero-order valence-corrected chi connectivity index (χ0v) is 19.0. The molecule has 2 fully saturated rings. The molecule has 0 saturated carbocycles. The Morgan fingerprint density at radius 3 is 2.32 bits per heavy atom. The molecule has 0 radical (unpaired) electrons. The molecule has 2 aromatic rings. The molecule has 31 heavy (non-hydrogen) atoms. The van der Waals surface area contributed by atoms with E-state index in [1.54, 1.807) is 0 Å². The smallest absolute Gasteiger partial charge is 0.282 e. The van der Waals surface area contributed by atoms with Gasteiger partial charge in [0.1, 0.15) is 0 Å². The third-order valence-corrected chi connectivity index (χ3v) is 6.84. The number of quaternary nitrogens is 1. The third kappa shape index (κ3) is 5.02. The Kier molecular flexibility index (Phi) is 6.78. The molecule has 2 aromatic carbocycles. The summed E-state index contributed by atoms with van der Waals surface area (Å²) in [5.74, 6) is 0.0920. The Hall–Kier alpha value is -2.57. The van der Waals surface area contributed by atoms with Crippen LogP contribution in [0.15, 0.2) is 42.5 Å². The Balaban J connectivity index is 1.30. The molecule has 4 rings (SSSR count). The van der Waals surface area contributed by atoms with Crippen molar-refractivity contribution in [3.8, 4) is 0 Å². The van der Waals surface area contributed by atoms with Gasteiger partial charge < -0.3 is 24.8 Å². The lowest BCUT2D eigenvalue weighted by molar-refractivity contribution is -0.914. The molecule has 2 aliphatic rings.